The number of methoxy groups -OCH3 is 1. The number of carbonyl (C=O) groups is 1. The van der Waals surface area contributed by atoms with Crippen LogP contribution in [0.2, 0.25) is 5.02 Å². The van der Waals surface area contributed by atoms with Crippen LogP contribution in [0.3, 0.4) is 0 Å². The monoisotopic (exact) mass is 293 g/mol. The van der Waals surface area contributed by atoms with Gasteiger partial charge in [0.2, 0.25) is 0 Å². The highest BCUT2D eigenvalue weighted by molar-refractivity contribution is 6.31. The van der Waals surface area contributed by atoms with E-state index in [9.17, 15) is 9.18 Å². The van der Waals surface area contributed by atoms with E-state index in [1.807, 2.05) is 0 Å². The zero-order valence-corrected chi connectivity index (χ0v) is 11.8. The summed E-state index contributed by atoms with van der Waals surface area (Å²) in [6.07, 6.45) is 0. The first-order valence-electron chi connectivity index (χ1n) is 5.92. The average molecular weight is 294 g/mol. The Bertz CT molecular complexity index is 658. The maximum atomic E-state index is 14.0. The summed E-state index contributed by atoms with van der Waals surface area (Å²) >= 11 is 5.95. The number of benzene rings is 2. The third-order valence-electron chi connectivity index (χ3n) is 2.91. The van der Waals surface area contributed by atoms with Gasteiger partial charge in [-0.15, -0.1) is 0 Å². The second kappa shape index (κ2) is 5.92. The molecular formula is C15H13ClFNO2. The summed E-state index contributed by atoms with van der Waals surface area (Å²) in [7, 11) is 2.98. The van der Waals surface area contributed by atoms with E-state index in [0.29, 0.717) is 21.9 Å². The van der Waals surface area contributed by atoms with Crippen LogP contribution in [0.15, 0.2) is 36.4 Å². The van der Waals surface area contributed by atoms with Crippen LogP contribution in [0, 0.1) is 5.82 Å². The van der Waals surface area contributed by atoms with E-state index < -0.39 is 11.7 Å². The number of carbonyl (C=O) groups excluding carboxylic acids is 1. The molecule has 0 saturated carbocycles. The average Bonchev–Trinajstić information content (AvgIpc) is 2.46. The van der Waals surface area contributed by atoms with Gasteiger partial charge in [0, 0.05) is 17.6 Å². The molecule has 0 aromatic heterocycles. The number of halogens is 2. The Kier molecular flexibility index (Phi) is 4.25. The SMILES string of the molecule is CNC(=O)c1ccc(-c2cc(Cl)ccc2OC)cc1F. The van der Waals surface area contributed by atoms with Crippen LogP contribution >= 0.6 is 11.6 Å². The van der Waals surface area contributed by atoms with Gasteiger partial charge in [-0.1, -0.05) is 17.7 Å². The molecule has 5 heteroatoms. The zero-order chi connectivity index (χ0) is 14.7. The first-order valence-corrected chi connectivity index (χ1v) is 6.30. The number of hydrogen-bond donors (Lipinski definition) is 1. The highest BCUT2D eigenvalue weighted by atomic mass is 35.5. The molecule has 104 valence electrons. The number of ether oxygens (including phenoxy) is 1. The number of hydrogen-bond acceptors (Lipinski definition) is 2. The van der Waals surface area contributed by atoms with Crippen LogP contribution in [-0.4, -0.2) is 20.1 Å². The molecule has 0 saturated heterocycles. The van der Waals surface area contributed by atoms with Crippen molar-refractivity contribution in [1.82, 2.24) is 5.32 Å². The van der Waals surface area contributed by atoms with Gasteiger partial charge in [0.15, 0.2) is 0 Å². The van der Waals surface area contributed by atoms with Gasteiger partial charge in [-0.2, -0.15) is 0 Å². The molecule has 0 spiro atoms. The fourth-order valence-corrected chi connectivity index (χ4v) is 2.08. The third-order valence-corrected chi connectivity index (χ3v) is 3.15. The molecule has 2 aromatic carbocycles. The summed E-state index contributed by atoms with van der Waals surface area (Å²) in [6.45, 7) is 0. The van der Waals surface area contributed by atoms with Gasteiger partial charge in [0.1, 0.15) is 11.6 Å². The van der Waals surface area contributed by atoms with Crippen molar-refractivity contribution in [3.8, 4) is 16.9 Å². The summed E-state index contributed by atoms with van der Waals surface area (Å²) in [5.74, 6) is -0.475. The van der Waals surface area contributed by atoms with Gasteiger partial charge in [-0.25, -0.2) is 4.39 Å². The summed E-state index contributed by atoms with van der Waals surface area (Å²) in [4.78, 5) is 11.5. The van der Waals surface area contributed by atoms with Gasteiger partial charge < -0.3 is 10.1 Å². The molecule has 1 amide bonds. The lowest BCUT2D eigenvalue weighted by atomic mass is 10.0. The van der Waals surface area contributed by atoms with Crippen molar-refractivity contribution in [3.05, 3.63) is 52.8 Å². The predicted octanol–water partition coefficient (Wildman–Crippen LogP) is 3.51. The van der Waals surface area contributed by atoms with Crippen molar-refractivity contribution in [2.45, 2.75) is 0 Å². The van der Waals surface area contributed by atoms with Crippen molar-refractivity contribution in [2.75, 3.05) is 14.2 Å². The molecule has 0 fully saturated rings. The molecule has 2 rings (SSSR count). The molecule has 2 aromatic rings. The molecule has 0 radical (unpaired) electrons. The van der Waals surface area contributed by atoms with Crippen molar-refractivity contribution in [1.29, 1.82) is 0 Å². The number of nitrogens with one attached hydrogen (secondary N) is 1. The van der Waals surface area contributed by atoms with E-state index in [1.165, 1.54) is 26.3 Å². The van der Waals surface area contributed by atoms with Gasteiger partial charge in [-0.05, 0) is 35.9 Å². The van der Waals surface area contributed by atoms with Crippen LogP contribution in [-0.2, 0) is 0 Å². The first kappa shape index (κ1) is 14.3. The zero-order valence-electron chi connectivity index (χ0n) is 11.0. The normalized spacial score (nSPS) is 10.2. The third kappa shape index (κ3) is 2.75. The molecule has 3 nitrogen and oxygen atoms in total. The van der Waals surface area contributed by atoms with Crippen molar-refractivity contribution >= 4 is 17.5 Å². The molecular weight excluding hydrogens is 281 g/mol. The van der Waals surface area contributed by atoms with Crippen LogP contribution in [0.5, 0.6) is 5.75 Å². The molecule has 0 bridgehead atoms. The van der Waals surface area contributed by atoms with Crippen LogP contribution < -0.4 is 10.1 Å². The van der Waals surface area contributed by atoms with Crippen LogP contribution in [0.1, 0.15) is 10.4 Å². The minimum atomic E-state index is -0.594. The summed E-state index contributed by atoms with van der Waals surface area (Å²) in [6, 6.07) is 9.47. The highest BCUT2D eigenvalue weighted by Crippen LogP contribution is 2.33. The molecule has 0 aliphatic rings. The maximum Gasteiger partial charge on any atom is 0.253 e. The summed E-state index contributed by atoms with van der Waals surface area (Å²) in [5, 5.41) is 2.91. The summed E-state index contributed by atoms with van der Waals surface area (Å²) in [5.41, 5.74) is 1.26. The van der Waals surface area contributed by atoms with E-state index >= 15 is 0 Å². The largest absolute Gasteiger partial charge is 0.496 e. The van der Waals surface area contributed by atoms with E-state index in [2.05, 4.69) is 5.32 Å². The quantitative estimate of drug-likeness (QED) is 0.940. The van der Waals surface area contributed by atoms with Crippen molar-refractivity contribution in [2.24, 2.45) is 0 Å². The Morgan fingerprint density at radius 1 is 1.25 bits per heavy atom. The second-order valence-electron chi connectivity index (χ2n) is 4.12. The molecule has 20 heavy (non-hydrogen) atoms. The molecule has 0 aliphatic heterocycles. The Morgan fingerprint density at radius 2 is 2.00 bits per heavy atom. The summed E-state index contributed by atoms with van der Waals surface area (Å²) < 4.78 is 19.2. The van der Waals surface area contributed by atoms with Crippen LogP contribution in [0.4, 0.5) is 4.39 Å². The molecule has 0 aliphatic carbocycles. The standard InChI is InChI=1S/C15H13ClFNO2/c1-18-15(19)11-5-3-9(7-13(11)17)12-8-10(16)4-6-14(12)20-2/h3-8H,1-2H3,(H,18,19). The molecule has 0 atom stereocenters. The lowest BCUT2D eigenvalue weighted by Gasteiger charge is -2.10. The second-order valence-corrected chi connectivity index (χ2v) is 4.55. The van der Waals surface area contributed by atoms with E-state index in [-0.39, 0.29) is 5.56 Å². The lowest BCUT2D eigenvalue weighted by molar-refractivity contribution is 0.0959. The smallest absolute Gasteiger partial charge is 0.253 e. The van der Waals surface area contributed by atoms with Crippen molar-refractivity contribution in [3.63, 3.8) is 0 Å². The van der Waals surface area contributed by atoms with E-state index in [1.54, 1.807) is 24.3 Å². The van der Waals surface area contributed by atoms with Crippen molar-refractivity contribution < 1.29 is 13.9 Å². The Labute approximate surface area is 121 Å². The first-order chi connectivity index (χ1) is 9.56. The fraction of sp³-hybridized carbons (Fsp3) is 0.133. The topological polar surface area (TPSA) is 38.3 Å². The molecule has 1 N–H and O–H groups in total. The number of amides is 1. The van der Waals surface area contributed by atoms with E-state index in [4.69, 9.17) is 16.3 Å². The van der Waals surface area contributed by atoms with E-state index in [0.717, 1.165) is 0 Å². The lowest BCUT2D eigenvalue weighted by Crippen LogP contribution is -2.19. The minimum absolute atomic E-state index is 0.00255. The molecule has 0 heterocycles. The van der Waals surface area contributed by atoms with Gasteiger partial charge in [0.05, 0.1) is 12.7 Å². The predicted molar refractivity (Wildman–Crippen MR) is 76.8 cm³/mol. The highest BCUT2D eigenvalue weighted by Gasteiger charge is 2.13. The Morgan fingerprint density at radius 3 is 2.60 bits per heavy atom. The number of rotatable bonds is 3. The van der Waals surface area contributed by atoms with Crippen LogP contribution in [0.25, 0.3) is 11.1 Å². The van der Waals surface area contributed by atoms with Gasteiger partial charge >= 0.3 is 0 Å². The Hall–Kier alpha value is -2.07. The Balaban J connectivity index is 2.52. The minimum Gasteiger partial charge on any atom is -0.496 e. The molecule has 0 unspecified atom stereocenters. The maximum absolute atomic E-state index is 14.0. The van der Waals surface area contributed by atoms with Gasteiger partial charge in [0.25, 0.3) is 5.91 Å². The van der Waals surface area contributed by atoms with Gasteiger partial charge in [-0.3, -0.25) is 4.79 Å². The fourth-order valence-electron chi connectivity index (χ4n) is 1.91.